The number of nitrogens with zero attached hydrogens (tertiary/aromatic N) is 3. The number of carbonyl (C=O) groups is 1. The molecular weight excluding hydrogens is 463 g/mol. The second-order valence-electron chi connectivity index (χ2n) is 7.68. The average Bonchev–Trinajstić information content (AvgIpc) is 3.32. The fraction of sp³-hybridized carbons (Fsp3) is 0.0741. The number of rotatable bonds is 7. The number of methoxy groups -OCH3 is 1. The number of benzene rings is 4. The van der Waals surface area contributed by atoms with Gasteiger partial charge in [0.2, 0.25) is 5.91 Å². The van der Waals surface area contributed by atoms with E-state index < -0.39 is 5.82 Å². The third kappa shape index (κ3) is 4.74. The minimum atomic E-state index is -0.403. The largest absolute Gasteiger partial charge is 0.497 e. The van der Waals surface area contributed by atoms with Crippen LogP contribution in [0.3, 0.4) is 0 Å². The Bertz CT molecular complexity index is 1500. The van der Waals surface area contributed by atoms with Gasteiger partial charge in [0.25, 0.3) is 0 Å². The maximum atomic E-state index is 14.6. The van der Waals surface area contributed by atoms with Crippen molar-refractivity contribution in [3.63, 3.8) is 0 Å². The van der Waals surface area contributed by atoms with Crippen LogP contribution in [-0.4, -0.2) is 33.5 Å². The van der Waals surface area contributed by atoms with Gasteiger partial charge in [-0.3, -0.25) is 9.36 Å². The van der Waals surface area contributed by atoms with E-state index in [-0.39, 0.29) is 11.7 Å². The van der Waals surface area contributed by atoms with Gasteiger partial charge in [-0.15, -0.1) is 10.2 Å². The van der Waals surface area contributed by atoms with E-state index in [9.17, 15) is 9.18 Å². The van der Waals surface area contributed by atoms with Crippen LogP contribution in [-0.2, 0) is 4.79 Å². The van der Waals surface area contributed by atoms with Crippen LogP contribution < -0.4 is 10.1 Å². The molecule has 0 radical (unpaired) electrons. The number of thioether (sulfide) groups is 1. The highest BCUT2D eigenvalue weighted by Crippen LogP contribution is 2.30. The summed E-state index contributed by atoms with van der Waals surface area (Å²) >= 11 is 1.23. The van der Waals surface area contributed by atoms with Gasteiger partial charge in [0.05, 0.1) is 24.1 Å². The van der Waals surface area contributed by atoms with Crippen molar-refractivity contribution in [1.29, 1.82) is 0 Å². The molecule has 0 saturated heterocycles. The average molecular weight is 485 g/mol. The van der Waals surface area contributed by atoms with Gasteiger partial charge in [-0.25, -0.2) is 4.39 Å². The van der Waals surface area contributed by atoms with Gasteiger partial charge in [0.1, 0.15) is 11.6 Å². The first kappa shape index (κ1) is 22.6. The van der Waals surface area contributed by atoms with Gasteiger partial charge in [-0.05, 0) is 47.9 Å². The first-order valence-corrected chi connectivity index (χ1v) is 11.9. The number of amides is 1. The summed E-state index contributed by atoms with van der Waals surface area (Å²) < 4.78 is 21.6. The van der Waals surface area contributed by atoms with Gasteiger partial charge in [0.15, 0.2) is 11.0 Å². The van der Waals surface area contributed by atoms with E-state index >= 15 is 0 Å². The first-order valence-electron chi connectivity index (χ1n) is 10.9. The molecule has 1 aromatic heterocycles. The van der Waals surface area contributed by atoms with E-state index in [2.05, 4.69) is 15.5 Å². The van der Waals surface area contributed by atoms with E-state index in [1.807, 2.05) is 66.7 Å². The lowest BCUT2D eigenvalue weighted by Gasteiger charge is -2.12. The summed E-state index contributed by atoms with van der Waals surface area (Å²) in [6.07, 6.45) is 0. The number of nitrogens with one attached hydrogen (secondary N) is 1. The van der Waals surface area contributed by atoms with Crippen LogP contribution in [0.25, 0.3) is 27.8 Å². The van der Waals surface area contributed by atoms with Crippen molar-refractivity contribution in [1.82, 2.24) is 14.8 Å². The van der Waals surface area contributed by atoms with Crippen LogP contribution in [0.5, 0.6) is 5.75 Å². The first-order chi connectivity index (χ1) is 17.1. The van der Waals surface area contributed by atoms with E-state index in [0.717, 1.165) is 22.1 Å². The van der Waals surface area contributed by atoms with Crippen LogP contribution in [0.1, 0.15) is 0 Å². The lowest BCUT2D eigenvalue weighted by molar-refractivity contribution is -0.113. The molecule has 0 unspecified atom stereocenters. The highest BCUT2D eigenvalue weighted by Gasteiger charge is 2.19. The number of fused-ring (bicyclic) bond motifs is 1. The van der Waals surface area contributed by atoms with Crippen molar-refractivity contribution >= 4 is 34.1 Å². The van der Waals surface area contributed by atoms with Crippen molar-refractivity contribution in [2.45, 2.75) is 5.16 Å². The van der Waals surface area contributed by atoms with Crippen LogP contribution in [0, 0.1) is 5.82 Å². The fourth-order valence-corrected chi connectivity index (χ4v) is 4.55. The molecule has 0 saturated carbocycles. The Kier molecular flexibility index (Phi) is 6.45. The van der Waals surface area contributed by atoms with Crippen LogP contribution in [0.2, 0.25) is 0 Å². The van der Waals surface area contributed by atoms with Crippen LogP contribution in [0.15, 0.2) is 96.2 Å². The number of ether oxygens (including phenoxy) is 1. The van der Waals surface area contributed by atoms with Gasteiger partial charge in [-0.1, -0.05) is 60.3 Å². The molecule has 0 fully saturated rings. The molecule has 174 valence electrons. The molecule has 1 amide bonds. The zero-order valence-electron chi connectivity index (χ0n) is 18.8. The third-order valence-electron chi connectivity index (χ3n) is 5.47. The molecular formula is C27H21FN4O2S. The summed E-state index contributed by atoms with van der Waals surface area (Å²) in [5.74, 6) is 0.570. The van der Waals surface area contributed by atoms with Gasteiger partial charge < -0.3 is 10.1 Å². The maximum Gasteiger partial charge on any atom is 0.234 e. The van der Waals surface area contributed by atoms with Crippen molar-refractivity contribution in [2.24, 2.45) is 0 Å². The highest BCUT2D eigenvalue weighted by molar-refractivity contribution is 7.99. The molecule has 0 bridgehead atoms. The molecule has 4 aromatic carbocycles. The number of halogens is 1. The van der Waals surface area contributed by atoms with Crippen molar-refractivity contribution in [3.8, 4) is 22.8 Å². The Labute approximate surface area is 205 Å². The summed E-state index contributed by atoms with van der Waals surface area (Å²) in [4.78, 5) is 12.8. The topological polar surface area (TPSA) is 69.0 Å². The van der Waals surface area contributed by atoms with Crippen molar-refractivity contribution in [3.05, 3.63) is 96.8 Å². The number of carbonyl (C=O) groups excluding carboxylic acids is 1. The normalized spacial score (nSPS) is 10.9. The fourth-order valence-electron chi connectivity index (χ4n) is 3.80. The lowest BCUT2D eigenvalue weighted by Crippen LogP contribution is -2.14. The third-order valence-corrected chi connectivity index (χ3v) is 6.40. The lowest BCUT2D eigenvalue weighted by atomic mass is 10.1. The molecule has 8 heteroatoms. The van der Waals surface area contributed by atoms with Crippen LogP contribution in [0.4, 0.5) is 10.1 Å². The monoisotopic (exact) mass is 484 g/mol. The van der Waals surface area contributed by atoms with Gasteiger partial charge >= 0.3 is 0 Å². The number of anilines is 1. The summed E-state index contributed by atoms with van der Waals surface area (Å²) in [7, 11) is 1.59. The minimum Gasteiger partial charge on any atom is -0.497 e. The molecule has 1 heterocycles. The number of hydrogen-bond donors (Lipinski definition) is 1. The molecule has 0 spiro atoms. The molecule has 0 aliphatic heterocycles. The second kappa shape index (κ2) is 9.99. The maximum absolute atomic E-state index is 14.6. The number of aromatic nitrogens is 3. The highest BCUT2D eigenvalue weighted by atomic mass is 32.2. The Morgan fingerprint density at radius 3 is 2.49 bits per heavy atom. The Balaban J connectivity index is 1.43. The summed E-state index contributed by atoms with van der Waals surface area (Å²) in [5, 5.41) is 14.0. The van der Waals surface area contributed by atoms with E-state index in [0.29, 0.717) is 22.3 Å². The van der Waals surface area contributed by atoms with Crippen molar-refractivity contribution in [2.75, 3.05) is 18.2 Å². The summed E-state index contributed by atoms with van der Waals surface area (Å²) in [6, 6.07) is 27.4. The van der Waals surface area contributed by atoms with E-state index in [4.69, 9.17) is 4.74 Å². The SMILES string of the molecule is COc1ccc(-n2c(SCC(=O)Nc3cccc4ccccc34)nnc2-c2ccccc2F)cc1. The molecule has 6 nitrogen and oxygen atoms in total. The standard InChI is InChI=1S/C27H21FN4O2S/c1-34-20-15-13-19(14-16-20)32-26(22-10-4-5-11-23(22)28)30-31-27(32)35-17-25(33)29-24-12-6-8-18-7-2-3-9-21(18)24/h2-16H,17H2,1H3,(H,29,33). The molecule has 0 atom stereocenters. The molecule has 5 rings (SSSR count). The predicted octanol–water partition coefficient (Wildman–Crippen LogP) is 5.97. The quantitative estimate of drug-likeness (QED) is 0.289. The zero-order chi connectivity index (χ0) is 24.2. The van der Waals surface area contributed by atoms with Gasteiger partial charge in [-0.2, -0.15) is 0 Å². The zero-order valence-corrected chi connectivity index (χ0v) is 19.6. The second-order valence-corrected chi connectivity index (χ2v) is 8.63. The van der Waals surface area contributed by atoms with E-state index in [1.54, 1.807) is 29.9 Å². The molecule has 0 aliphatic rings. The Morgan fingerprint density at radius 1 is 0.943 bits per heavy atom. The summed E-state index contributed by atoms with van der Waals surface area (Å²) in [6.45, 7) is 0. The Hall–Kier alpha value is -4.17. The van der Waals surface area contributed by atoms with Crippen LogP contribution >= 0.6 is 11.8 Å². The van der Waals surface area contributed by atoms with Gasteiger partial charge in [0, 0.05) is 11.1 Å². The molecule has 5 aromatic rings. The predicted molar refractivity (Wildman–Crippen MR) is 137 cm³/mol. The summed E-state index contributed by atoms with van der Waals surface area (Å²) in [5.41, 5.74) is 1.80. The smallest absolute Gasteiger partial charge is 0.234 e. The minimum absolute atomic E-state index is 0.106. The molecule has 35 heavy (non-hydrogen) atoms. The van der Waals surface area contributed by atoms with Crippen molar-refractivity contribution < 1.29 is 13.9 Å². The van der Waals surface area contributed by atoms with E-state index in [1.165, 1.54) is 17.8 Å². The molecule has 0 aliphatic carbocycles. The Morgan fingerprint density at radius 2 is 1.69 bits per heavy atom. The molecule has 1 N–H and O–H groups in total. The number of hydrogen-bond acceptors (Lipinski definition) is 5.